The number of para-hydroxylation sites is 2. The number of H-pyrrole nitrogens is 1. The molecule has 1 aromatic heterocycles. The highest BCUT2D eigenvalue weighted by Gasteiger charge is 2.06. The molecule has 0 atom stereocenters. The number of amides is 1. The average Bonchev–Trinajstić information content (AvgIpc) is 3.03. The second-order valence-electron chi connectivity index (χ2n) is 5.96. The van der Waals surface area contributed by atoms with Crippen molar-refractivity contribution >= 4 is 34.9 Å². The number of carbonyl (C=O) groups excluding carboxylic acids is 1. The predicted octanol–water partition coefficient (Wildman–Crippen LogP) is 3.93. The largest absolute Gasteiger partial charge is 0.333 e. The fourth-order valence-corrected chi connectivity index (χ4v) is 2.99. The average molecular weight is 352 g/mol. The zero-order valence-electron chi connectivity index (χ0n) is 14.2. The van der Waals surface area contributed by atoms with E-state index in [1.807, 2.05) is 36.4 Å². The van der Waals surface area contributed by atoms with Gasteiger partial charge in [-0.25, -0.2) is 10.4 Å². The maximum absolute atomic E-state index is 11.9. The number of hydrogen-bond acceptors (Lipinski definition) is 4. The fraction of sp³-hybridized carbons (Fsp3) is 0.211. The number of carbonyl (C=O) groups is 1. The summed E-state index contributed by atoms with van der Waals surface area (Å²) in [5.74, 6) is 0.588. The summed E-state index contributed by atoms with van der Waals surface area (Å²) in [5.41, 5.74) is 6.64. The number of nitrogens with one attached hydrogen (secondary N) is 2. The lowest BCUT2D eigenvalue weighted by Crippen LogP contribution is -2.19. The normalized spacial score (nSPS) is 11.5. The first-order chi connectivity index (χ1) is 12.1. The molecule has 0 saturated carbocycles. The van der Waals surface area contributed by atoms with Crippen LogP contribution in [-0.2, 0) is 4.79 Å². The Bertz CT molecular complexity index is 851. The van der Waals surface area contributed by atoms with Crippen LogP contribution in [0.5, 0.6) is 0 Å². The van der Waals surface area contributed by atoms with Crippen molar-refractivity contribution < 1.29 is 4.79 Å². The Morgan fingerprint density at radius 2 is 2.00 bits per heavy atom. The van der Waals surface area contributed by atoms with E-state index in [2.05, 4.69) is 46.5 Å². The van der Waals surface area contributed by atoms with Crippen molar-refractivity contribution in [3.8, 4) is 0 Å². The van der Waals surface area contributed by atoms with E-state index in [1.54, 1.807) is 6.21 Å². The van der Waals surface area contributed by atoms with Gasteiger partial charge in [0.1, 0.15) is 0 Å². The Balaban J connectivity index is 1.48. The highest BCUT2D eigenvalue weighted by molar-refractivity contribution is 7.99. The number of hydrogen-bond donors (Lipinski definition) is 2. The van der Waals surface area contributed by atoms with Gasteiger partial charge in [0.05, 0.1) is 23.0 Å². The van der Waals surface area contributed by atoms with E-state index in [1.165, 1.54) is 17.3 Å². The zero-order chi connectivity index (χ0) is 17.6. The standard InChI is InChI=1S/C19H20N4OS/c1-13(2)15-9-7-14(8-10-15)11-20-23-18(24)12-25-19-21-16-5-3-4-6-17(16)22-19/h3-11,13H,12H2,1-2H3,(H,21,22)(H,23,24)/b20-11-. The molecule has 0 bridgehead atoms. The van der Waals surface area contributed by atoms with Crippen LogP contribution >= 0.6 is 11.8 Å². The number of fused-ring (bicyclic) bond motifs is 1. The summed E-state index contributed by atoms with van der Waals surface area (Å²) in [6.07, 6.45) is 1.65. The molecule has 0 aliphatic carbocycles. The molecule has 0 radical (unpaired) electrons. The van der Waals surface area contributed by atoms with Crippen LogP contribution in [0.25, 0.3) is 11.0 Å². The molecule has 0 saturated heterocycles. The van der Waals surface area contributed by atoms with Gasteiger partial charge < -0.3 is 4.98 Å². The molecule has 0 aliphatic rings. The lowest BCUT2D eigenvalue weighted by atomic mass is 10.0. The molecule has 0 unspecified atom stereocenters. The third-order valence-corrected chi connectivity index (χ3v) is 4.59. The number of hydrazone groups is 1. The van der Waals surface area contributed by atoms with Gasteiger partial charge in [-0.3, -0.25) is 4.79 Å². The van der Waals surface area contributed by atoms with Gasteiger partial charge in [0.25, 0.3) is 5.91 Å². The smallest absolute Gasteiger partial charge is 0.250 e. The molecular weight excluding hydrogens is 332 g/mol. The van der Waals surface area contributed by atoms with E-state index in [4.69, 9.17) is 0 Å². The van der Waals surface area contributed by atoms with Crippen LogP contribution in [-0.4, -0.2) is 27.8 Å². The maximum Gasteiger partial charge on any atom is 0.250 e. The SMILES string of the molecule is CC(C)c1ccc(/C=N\NC(=O)CSc2nc3ccccc3[nH]2)cc1. The summed E-state index contributed by atoms with van der Waals surface area (Å²) in [6.45, 7) is 4.31. The van der Waals surface area contributed by atoms with E-state index in [0.717, 1.165) is 21.8 Å². The van der Waals surface area contributed by atoms with Crippen molar-refractivity contribution in [2.45, 2.75) is 24.9 Å². The third-order valence-electron chi connectivity index (χ3n) is 3.71. The Kier molecular flexibility index (Phi) is 5.50. The quantitative estimate of drug-likeness (QED) is 0.401. The van der Waals surface area contributed by atoms with Crippen LogP contribution in [0, 0.1) is 0 Å². The Hall–Kier alpha value is -2.60. The highest BCUT2D eigenvalue weighted by Crippen LogP contribution is 2.18. The zero-order valence-corrected chi connectivity index (χ0v) is 15.0. The summed E-state index contributed by atoms with van der Waals surface area (Å²) < 4.78 is 0. The number of aromatic amines is 1. The molecule has 3 rings (SSSR count). The molecule has 1 amide bonds. The molecular formula is C19H20N4OS. The van der Waals surface area contributed by atoms with Gasteiger partial charge in [-0.15, -0.1) is 0 Å². The maximum atomic E-state index is 11.9. The summed E-state index contributed by atoms with van der Waals surface area (Å²) >= 11 is 1.35. The summed E-state index contributed by atoms with van der Waals surface area (Å²) in [6, 6.07) is 15.9. The lowest BCUT2D eigenvalue weighted by Gasteiger charge is -2.04. The molecule has 2 N–H and O–H groups in total. The second-order valence-corrected chi connectivity index (χ2v) is 6.93. The van der Waals surface area contributed by atoms with Gasteiger partial charge in [0, 0.05) is 0 Å². The van der Waals surface area contributed by atoms with Crippen molar-refractivity contribution in [1.29, 1.82) is 0 Å². The first-order valence-corrected chi connectivity index (χ1v) is 9.10. The van der Waals surface area contributed by atoms with E-state index < -0.39 is 0 Å². The first-order valence-electron chi connectivity index (χ1n) is 8.11. The van der Waals surface area contributed by atoms with Crippen LogP contribution in [0.4, 0.5) is 0 Å². The lowest BCUT2D eigenvalue weighted by molar-refractivity contribution is -0.118. The third kappa shape index (κ3) is 4.70. The summed E-state index contributed by atoms with van der Waals surface area (Å²) in [7, 11) is 0. The number of thioether (sulfide) groups is 1. The minimum Gasteiger partial charge on any atom is -0.333 e. The topological polar surface area (TPSA) is 70.1 Å². The monoisotopic (exact) mass is 352 g/mol. The van der Waals surface area contributed by atoms with Gasteiger partial charge in [-0.05, 0) is 29.2 Å². The van der Waals surface area contributed by atoms with Crippen LogP contribution in [0.15, 0.2) is 58.8 Å². The molecule has 0 fully saturated rings. The van der Waals surface area contributed by atoms with Crippen molar-refractivity contribution in [3.63, 3.8) is 0 Å². The van der Waals surface area contributed by atoms with E-state index >= 15 is 0 Å². The van der Waals surface area contributed by atoms with Gasteiger partial charge in [0.2, 0.25) is 0 Å². The predicted molar refractivity (Wildman–Crippen MR) is 103 cm³/mol. The Morgan fingerprint density at radius 3 is 2.72 bits per heavy atom. The first kappa shape index (κ1) is 17.2. The van der Waals surface area contributed by atoms with Crippen molar-refractivity contribution in [1.82, 2.24) is 15.4 Å². The molecule has 3 aromatic rings. The van der Waals surface area contributed by atoms with Gasteiger partial charge in [-0.1, -0.05) is 62.0 Å². The second kappa shape index (κ2) is 7.98. The number of imidazole rings is 1. The number of benzene rings is 2. The minimum atomic E-state index is -0.166. The van der Waals surface area contributed by atoms with Crippen molar-refractivity contribution in [3.05, 3.63) is 59.7 Å². The van der Waals surface area contributed by atoms with Gasteiger partial charge in [0.15, 0.2) is 5.16 Å². The van der Waals surface area contributed by atoms with E-state index in [0.29, 0.717) is 5.92 Å². The molecule has 0 aliphatic heterocycles. The molecule has 0 spiro atoms. The summed E-state index contributed by atoms with van der Waals surface area (Å²) in [5, 5.41) is 4.73. The molecule has 5 nitrogen and oxygen atoms in total. The van der Waals surface area contributed by atoms with E-state index in [-0.39, 0.29) is 11.7 Å². The fourth-order valence-electron chi connectivity index (χ4n) is 2.31. The van der Waals surface area contributed by atoms with Crippen molar-refractivity contribution in [2.75, 3.05) is 5.75 Å². The van der Waals surface area contributed by atoms with Crippen LogP contribution in [0.1, 0.15) is 30.9 Å². The van der Waals surface area contributed by atoms with Gasteiger partial charge >= 0.3 is 0 Å². The Labute approximate surface area is 150 Å². The van der Waals surface area contributed by atoms with Gasteiger partial charge in [-0.2, -0.15) is 5.10 Å². The molecule has 6 heteroatoms. The summed E-state index contributed by atoms with van der Waals surface area (Å²) in [4.78, 5) is 19.5. The number of aromatic nitrogens is 2. The molecule has 128 valence electrons. The Morgan fingerprint density at radius 1 is 1.24 bits per heavy atom. The molecule has 1 heterocycles. The molecule has 2 aromatic carbocycles. The van der Waals surface area contributed by atoms with Crippen LogP contribution < -0.4 is 5.43 Å². The van der Waals surface area contributed by atoms with Crippen LogP contribution in [0.3, 0.4) is 0 Å². The molecule has 25 heavy (non-hydrogen) atoms. The number of rotatable bonds is 6. The minimum absolute atomic E-state index is 0.166. The van der Waals surface area contributed by atoms with Crippen LogP contribution in [0.2, 0.25) is 0 Å². The number of nitrogens with zero attached hydrogens (tertiary/aromatic N) is 2. The highest BCUT2D eigenvalue weighted by atomic mass is 32.2. The van der Waals surface area contributed by atoms with Crippen molar-refractivity contribution in [2.24, 2.45) is 5.10 Å². The van der Waals surface area contributed by atoms with E-state index in [9.17, 15) is 4.79 Å².